The molecule has 0 N–H and O–H groups in total. The van der Waals surface area contributed by atoms with Gasteiger partial charge in [-0.2, -0.15) is 0 Å². The van der Waals surface area contributed by atoms with E-state index >= 15 is 0 Å². The third kappa shape index (κ3) is 2.05. The summed E-state index contributed by atoms with van der Waals surface area (Å²) in [5.74, 6) is 1.98. The minimum Gasteiger partial charge on any atom is -1.00 e. The molecule has 0 saturated heterocycles. The number of ether oxygens (including phenoxy) is 1. The van der Waals surface area contributed by atoms with Crippen molar-refractivity contribution in [3.05, 3.63) is 59.7 Å². The van der Waals surface area contributed by atoms with Gasteiger partial charge in [0.05, 0.1) is 0 Å². The molecular formula is C13H12CaO. The largest absolute Gasteiger partial charge is 2.00 e. The van der Waals surface area contributed by atoms with Crippen molar-refractivity contribution in [2.45, 2.75) is 6.42 Å². The maximum absolute atomic E-state index is 5.78. The Kier molecular flexibility index (Phi) is 3.35. The molecule has 2 aromatic rings. The summed E-state index contributed by atoms with van der Waals surface area (Å²) in [7, 11) is 0. The molecular weight excluding hydrogens is 212 g/mol. The number of benzene rings is 2. The number of rotatable bonds is 0. The maximum atomic E-state index is 5.78. The van der Waals surface area contributed by atoms with Crippen LogP contribution < -0.4 is 4.74 Å². The Balaban J connectivity index is 0.000000853. The van der Waals surface area contributed by atoms with E-state index in [1.807, 2.05) is 24.3 Å². The van der Waals surface area contributed by atoms with Crippen LogP contribution in [-0.4, -0.2) is 37.7 Å². The van der Waals surface area contributed by atoms with Gasteiger partial charge in [-0.25, -0.2) is 0 Å². The second-order valence-corrected chi connectivity index (χ2v) is 3.49. The number of hydrogen-bond donors (Lipinski definition) is 0. The fraction of sp³-hybridized carbons (Fsp3) is 0.0769. The normalized spacial score (nSPS) is 11.7. The fourth-order valence-corrected chi connectivity index (χ4v) is 1.82. The van der Waals surface area contributed by atoms with Gasteiger partial charge in [0.15, 0.2) is 0 Å². The molecule has 0 saturated carbocycles. The van der Waals surface area contributed by atoms with E-state index in [9.17, 15) is 0 Å². The van der Waals surface area contributed by atoms with E-state index in [1.54, 1.807) is 0 Å². The van der Waals surface area contributed by atoms with Crippen molar-refractivity contribution < 1.29 is 7.59 Å². The molecule has 0 radical (unpaired) electrons. The molecule has 0 spiro atoms. The summed E-state index contributed by atoms with van der Waals surface area (Å²) < 4.78 is 5.78. The average Bonchev–Trinajstić information content (AvgIpc) is 2.26. The predicted octanol–water partition coefficient (Wildman–Crippen LogP) is 3.23. The van der Waals surface area contributed by atoms with Gasteiger partial charge in [0.2, 0.25) is 0 Å². The first-order valence-corrected chi connectivity index (χ1v) is 4.77. The molecule has 0 aliphatic carbocycles. The van der Waals surface area contributed by atoms with E-state index in [4.69, 9.17) is 4.74 Å². The Hall–Kier alpha value is -0.500. The van der Waals surface area contributed by atoms with Gasteiger partial charge < -0.3 is 7.59 Å². The maximum Gasteiger partial charge on any atom is 2.00 e. The van der Waals surface area contributed by atoms with Gasteiger partial charge in [0, 0.05) is 6.42 Å². The first-order valence-electron chi connectivity index (χ1n) is 4.77. The Morgan fingerprint density at radius 2 is 1.27 bits per heavy atom. The zero-order valence-electron chi connectivity index (χ0n) is 10.4. The summed E-state index contributed by atoms with van der Waals surface area (Å²) in [6, 6.07) is 16.4. The van der Waals surface area contributed by atoms with Crippen molar-refractivity contribution in [3.8, 4) is 11.5 Å². The van der Waals surface area contributed by atoms with Gasteiger partial charge in [-0.3, -0.25) is 0 Å². The van der Waals surface area contributed by atoms with Gasteiger partial charge in [-0.1, -0.05) is 36.4 Å². The Morgan fingerprint density at radius 3 is 1.80 bits per heavy atom. The van der Waals surface area contributed by atoms with E-state index in [2.05, 4.69) is 24.3 Å². The number of hydrogen-bond acceptors (Lipinski definition) is 1. The van der Waals surface area contributed by atoms with Gasteiger partial charge >= 0.3 is 37.7 Å². The molecule has 1 aliphatic rings. The van der Waals surface area contributed by atoms with Crippen LogP contribution in [0.4, 0.5) is 0 Å². The van der Waals surface area contributed by atoms with E-state index in [0.29, 0.717) is 0 Å². The molecule has 15 heavy (non-hydrogen) atoms. The van der Waals surface area contributed by atoms with Crippen LogP contribution in [0.25, 0.3) is 0 Å². The standard InChI is InChI=1S/C13H10O.Ca.2H/c1-3-7-12-10(5-1)9-11-6-2-4-8-13(11)14-12;;;/h1-8H,9H2;;;/q;+2;2*-1. The summed E-state index contributed by atoms with van der Waals surface area (Å²) in [6.07, 6.45) is 0.979. The molecule has 0 aromatic heterocycles. The van der Waals surface area contributed by atoms with Crippen molar-refractivity contribution >= 4 is 37.7 Å². The molecule has 0 bridgehead atoms. The Bertz CT molecular complexity index is 401. The molecule has 0 fully saturated rings. The van der Waals surface area contributed by atoms with Crippen LogP contribution in [0.15, 0.2) is 48.5 Å². The molecule has 3 rings (SSSR count). The molecule has 1 heterocycles. The number of fused-ring (bicyclic) bond motifs is 2. The molecule has 1 nitrogen and oxygen atoms in total. The Labute approximate surface area is 122 Å². The summed E-state index contributed by atoms with van der Waals surface area (Å²) >= 11 is 0. The van der Waals surface area contributed by atoms with Crippen molar-refractivity contribution in [3.63, 3.8) is 0 Å². The van der Waals surface area contributed by atoms with E-state index in [0.717, 1.165) is 17.9 Å². The smallest absolute Gasteiger partial charge is 1.00 e. The van der Waals surface area contributed by atoms with Crippen LogP contribution in [0.3, 0.4) is 0 Å². The van der Waals surface area contributed by atoms with Gasteiger partial charge in [0.25, 0.3) is 0 Å². The summed E-state index contributed by atoms with van der Waals surface area (Å²) in [5, 5.41) is 0. The van der Waals surface area contributed by atoms with Crippen LogP contribution in [0.5, 0.6) is 11.5 Å². The van der Waals surface area contributed by atoms with Crippen LogP contribution >= 0.6 is 0 Å². The SMILES string of the molecule is [Ca+2].[H-].[H-].c1ccc2c(c1)Cc1ccccc1O2. The molecule has 72 valence electrons. The zero-order valence-corrected chi connectivity index (χ0v) is 10.6. The van der Waals surface area contributed by atoms with Crippen LogP contribution in [0.2, 0.25) is 0 Å². The van der Waals surface area contributed by atoms with Crippen LogP contribution in [0, 0.1) is 0 Å². The van der Waals surface area contributed by atoms with Gasteiger partial charge in [0.1, 0.15) is 11.5 Å². The molecule has 2 aromatic carbocycles. The molecule has 0 amide bonds. The molecule has 0 unspecified atom stereocenters. The topological polar surface area (TPSA) is 9.23 Å². The van der Waals surface area contributed by atoms with E-state index in [1.165, 1.54) is 11.1 Å². The van der Waals surface area contributed by atoms with Gasteiger partial charge in [-0.15, -0.1) is 0 Å². The van der Waals surface area contributed by atoms with Crippen molar-refractivity contribution in [2.24, 2.45) is 0 Å². The van der Waals surface area contributed by atoms with Crippen molar-refractivity contribution in [1.82, 2.24) is 0 Å². The molecule has 1 aliphatic heterocycles. The summed E-state index contributed by atoms with van der Waals surface area (Å²) in [4.78, 5) is 0. The fourth-order valence-electron chi connectivity index (χ4n) is 1.82. The van der Waals surface area contributed by atoms with E-state index < -0.39 is 0 Å². The first-order chi connectivity index (χ1) is 6.93. The minimum absolute atomic E-state index is 0. The van der Waals surface area contributed by atoms with Crippen LogP contribution in [0.1, 0.15) is 14.0 Å². The van der Waals surface area contributed by atoms with Crippen molar-refractivity contribution in [1.29, 1.82) is 0 Å². The monoisotopic (exact) mass is 224 g/mol. The zero-order chi connectivity index (χ0) is 9.38. The Morgan fingerprint density at radius 1 is 0.800 bits per heavy atom. The third-order valence-corrected chi connectivity index (χ3v) is 2.55. The average molecular weight is 224 g/mol. The quantitative estimate of drug-likeness (QED) is 0.533. The second-order valence-electron chi connectivity index (χ2n) is 3.49. The summed E-state index contributed by atoms with van der Waals surface area (Å²) in [6.45, 7) is 0. The molecule has 2 heteroatoms. The predicted molar refractivity (Wildman–Crippen MR) is 63.7 cm³/mol. The second kappa shape index (κ2) is 4.56. The van der Waals surface area contributed by atoms with E-state index in [-0.39, 0.29) is 40.6 Å². The summed E-state index contributed by atoms with van der Waals surface area (Å²) in [5.41, 5.74) is 2.54. The minimum atomic E-state index is 0. The van der Waals surface area contributed by atoms with Crippen LogP contribution in [-0.2, 0) is 6.42 Å². The van der Waals surface area contributed by atoms with Gasteiger partial charge in [-0.05, 0) is 23.3 Å². The van der Waals surface area contributed by atoms with Crippen molar-refractivity contribution in [2.75, 3.05) is 0 Å². The first kappa shape index (κ1) is 11.0. The molecule has 0 atom stereocenters. The number of para-hydroxylation sites is 2. The third-order valence-electron chi connectivity index (χ3n) is 2.55.